The number of hydrogen-bond donors (Lipinski definition) is 1. The predicted octanol–water partition coefficient (Wildman–Crippen LogP) is 1.99. The summed E-state index contributed by atoms with van der Waals surface area (Å²) >= 11 is 3.50. The van der Waals surface area contributed by atoms with Gasteiger partial charge in [0.15, 0.2) is 0 Å². The molecule has 1 unspecified atom stereocenters. The Kier molecular flexibility index (Phi) is 4.64. The van der Waals surface area contributed by atoms with E-state index in [-0.39, 0.29) is 5.56 Å². The highest BCUT2D eigenvalue weighted by Crippen LogP contribution is 2.33. The van der Waals surface area contributed by atoms with Crippen LogP contribution in [0.25, 0.3) is 0 Å². The van der Waals surface area contributed by atoms with Crippen molar-refractivity contribution in [3.8, 4) is 0 Å². The Balaban J connectivity index is 1.84. The van der Waals surface area contributed by atoms with Crippen LogP contribution >= 0.6 is 15.9 Å². The summed E-state index contributed by atoms with van der Waals surface area (Å²) in [5, 5.41) is 7.84. The largest absolute Gasteiger partial charge is 0.367 e. The highest BCUT2D eigenvalue weighted by Gasteiger charge is 2.28. The first kappa shape index (κ1) is 15.0. The minimum absolute atomic E-state index is 0.0322. The lowest BCUT2D eigenvalue weighted by atomic mass is 10.2. The lowest BCUT2D eigenvalue weighted by Crippen LogP contribution is -2.40. The fraction of sp³-hybridized carbons (Fsp3) is 0.733. The maximum Gasteiger partial charge on any atom is 0.283 e. The van der Waals surface area contributed by atoms with Gasteiger partial charge in [-0.25, -0.2) is 4.68 Å². The van der Waals surface area contributed by atoms with Crippen LogP contribution in [0, 0.1) is 5.92 Å². The van der Waals surface area contributed by atoms with Crippen molar-refractivity contribution < 1.29 is 0 Å². The van der Waals surface area contributed by atoms with E-state index >= 15 is 0 Å². The standard InChI is InChI=1S/C15H23BrN4O/c1-2-20-15(21)14(16)13(8-18-20)19(9-11-5-6-11)10-12-4-3-7-17-12/h8,11-12,17H,2-7,9-10H2,1H3. The van der Waals surface area contributed by atoms with Crippen molar-refractivity contribution >= 4 is 21.6 Å². The van der Waals surface area contributed by atoms with Crippen LogP contribution in [0.5, 0.6) is 0 Å². The van der Waals surface area contributed by atoms with Gasteiger partial charge in [0.25, 0.3) is 5.56 Å². The third-order valence-electron chi connectivity index (χ3n) is 4.39. The van der Waals surface area contributed by atoms with E-state index in [0.717, 1.165) is 31.2 Å². The molecule has 0 radical (unpaired) electrons. The molecule has 1 aromatic rings. The van der Waals surface area contributed by atoms with Crippen molar-refractivity contribution in [1.29, 1.82) is 0 Å². The molecular weight excluding hydrogens is 332 g/mol. The van der Waals surface area contributed by atoms with Gasteiger partial charge in [0.05, 0.1) is 11.9 Å². The Bertz CT molecular complexity index is 549. The van der Waals surface area contributed by atoms with Crippen LogP contribution in [0.15, 0.2) is 15.5 Å². The van der Waals surface area contributed by atoms with Gasteiger partial charge in [-0.15, -0.1) is 0 Å². The summed E-state index contributed by atoms with van der Waals surface area (Å²) in [5.74, 6) is 0.784. The van der Waals surface area contributed by atoms with E-state index in [4.69, 9.17) is 0 Å². The number of nitrogens with one attached hydrogen (secondary N) is 1. The molecule has 1 aliphatic heterocycles. The molecule has 116 valence electrons. The lowest BCUT2D eigenvalue weighted by molar-refractivity contribution is 0.563. The summed E-state index contributed by atoms with van der Waals surface area (Å²) < 4.78 is 2.15. The van der Waals surface area contributed by atoms with Gasteiger partial charge in [-0.2, -0.15) is 5.10 Å². The number of halogens is 1. The first-order chi connectivity index (χ1) is 10.2. The fourth-order valence-corrected chi connectivity index (χ4v) is 3.52. The number of anilines is 1. The fourth-order valence-electron chi connectivity index (χ4n) is 2.96. The van der Waals surface area contributed by atoms with E-state index < -0.39 is 0 Å². The molecule has 1 N–H and O–H groups in total. The summed E-state index contributed by atoms with van der Waals surface area (Å²) in [5.41, 5.74) is 0.917. The zero-order valence-electron chi connectivity index (χ0n) is 12.5. The minimum atomic E-state index is -0.0322. The van der Waals surface area contributed by atoms with Crippen LogP contribution in [0.2, 0.25) is 0 Å². The molecule has 1 saturated heterocycles. The summed E-state index contributed by atoms with van der Waals surface area (Å²) in [7, 11) is 0. The average Bonchev–Trinajstić information content (AvgIpc) is 3.15. The third-order valence-corrected chi connectivity index (χ3v) is 5.13. The van der Waals surface area contributed by atoms with E-state index in [1.807, 2.05) is 13.1 Å². The Morgan fingerprint density at radius 1 is 1.43 bits per heavy atom. The SMILES string of the molecule is CCn1ncc(N(CC2CC2)CC2CCCN2)c(Br)c1=O. The Morgan fingerprint density at radius 3 is 2.86 bits per heavy atom. The molecule has 1 aromatic heterocycles. The van der Waals surface area contributed by atoms with Crippen LogP contribution in [0.3, 0.4) is 0 Å². The molecule has 0 amide bonds. The summed E-state index contributed by atoms with van der Waals surface area (Å²) in [4.78, 5) is 14.6. The van der Waals surface area contributed by atoms with Crippen molar-refractivity contribution in [1.82, 2.24) is 15.1 Å². The van der Waals surface area contributed by atoms with E-state index in [1.165, 1.54) is 30.4 Å². The molecule has 2 aliphatic rings. The smallest absolute Gasteiger partial charge is 0.283 e. The van der Waals surface area contributed by atoms with E-state index in [9.17, 15) is 4.79 Å². The van der Waals surface area contributed by atoms with E-state index in [2.05, 4.69) is 31.2 Å². The van der Waals surface area contributed by atoms with Crippen LogP contribution in [-0.2, 0) is 6.54 Å². The lowest BCUT2D eigenvalue weighted by Gasteiger charge is -2.28. The van der Waals surface area contributed by atoms with Gasteiger partial charge in [0, 0.05) is 25.7 Å². The molecule has 2 fully saturated rings. The van der Waals surface area contributed by atoms with Gasteiger partial charge in [-0.1, -0.05) is 0 Å². The zero-order valence-corrected chi connectivity index (χ0v) is 14.1. The molecule has 2 heterocycles. The molecule has 0 bridgehead atoms. The van der Waals surface area contributed by atoms with E-state index in [1.54, 1.807) is 0 Å². The summed E-state index contributed by atoms with van der Waals surface area (Å²) in [6.45, 7) is 5.65. The Labute approximate surface area is 133 Å². The Morgan fingerprint density at radius 2 is 2.24 bits per heavy atom. The number of rotatable bonds is 6. The van der Waals surface area contributed by atoms with Gasteiger partial charge in [0.2, 0.25) is 0 Å². The van der Waals surface area contributed by atoms with Gasteiger partial charge in [-0.05, 0) is 61.0 Å². The maximum absolute atomic E-state index is 12.3. The first-order valence-corrected chi connectivity index (χ1v) is 8.72. The second-order valence-corrected chi connectivity index (χ2v) is 6.90. The van der Waals surface area contributed by atoms with Crippen LogP contribution in [0.1, 0.15) is 32.6 Å². The Hall–Kier alpha value is -0.880. The highest BCUT2D eigenvalue weighted by molar-refractivity contribution is 9.10. The third kappa shape index (κ3) is 3.48. The molecule has 3 rings (SSSR count). The quantitative estimate of drug-likeness (QED) is 0.848. The zero-order chi connectivity index (χ0) is 14.8. The number of hydrogen-bond acceptors (Lipinski definition) is 4. The molecule has 1 saturated carbocycles. The molecule has 0 aromatic carbocycles. The summed E-state index contributed by atoms with van der Waals surface area (Å²) in [6.07, 6.45) is 6.93. The van der Waals surface area contributed by atoms with Gasteiger partial charge in [0.1, 0.15) is 4.47 Å². The minimum Gasteiger partial charge on any atom is -0.367 e. The van der Waals surface area contributed by atoms with Crippen molar-refractivity contribution in [2.45, 2.75) is 45.2 Å². The van der Waals surface area contributed by atoms with Crippen LogP contribution < -0.4 is 15.8 Å². The molecule has 6 heteroatoms. The molecule has 5 nitrogen and oxygen atoms in total. The van der Waals surface area contributed by atoms with Crippen molar-refractivity contribution in [2.24, 2.45) is 5.92 Å². The summed E-state index contributed by atoms with van der Waals surface area (Å²) in [6, 6.07) is 0.532. The second-order valence-electron chi connectivity index (χ2n) is 6.11. The monoisotopic (exact) mass is 354 g/mol. The van der Waals surface area contributed by atoms with Crippen molar-refractivity contribution in [3.63, 3.8) is 0 Å². The number of nitrogens with zero attached hydrogens (tertiary/aromatic N) is 3. The predicted molar refractivity (Wildman–Crippen MR) is 87.8 cm³/mol. The average molecular weight is 355 g/mol. The van der Waals surface area contributed by atoms with Crippen molar-refractivity contribution in [2.75, 3.05) is 24.5 Å². The normalized spacial score (nSPS) is 21.7. The van der Waals surface area contributed by atoms with Crippen molar-refractivity contribution in [3.05, 3.63) is 21.0 Å². The van der Waals surface area contributed by atoms with Gasteiger partial charge >= 0.3 is 0 Å². The number of aryl methyl sites for hydroxylation is 1. The molecule has 1 aliphatic carbocycles. The maximum atomic E-state index is 12.3. The van der Waals surface area contributed by atoms with Crippen LogP contribution in [0.4, 0.5) is 5.69 Å². The van der Waals surface area contributed by atoms with Gasteiger partial charge in [-0.3, -0.25) is 4.79 Å². The van der Waals surface area contributed by atoms with Gasteiger partial charge < -0.3 is 10.2 Å². The molecule has 21 heavy (non-hydrogen) atoms. The second kappa shape index (κ2) is 6.48. The topological polar surface area (TPSA) is 50.2 Å². The van der Waals surface area contributed by atoms with Crippen LogP contribution in [-0.4, -0.2) is 35.5 Å². The molecule has 1 atom stereocenters. The highest BCUT2D eigenvalue weighted by atomic mass is 79.9. The molecule has 0 spiro atoms. The van der Waals surface area contributed by atoms with E-state index in [0.29, 0.717) is 17.1 Å². The molecular formula is C15H23BrN4O. The first-order valence-electron chi connectivity index (χ1n) is 7.93. The number of aromatic nitrogens is 2.